The highest BCUT2D eigenvalue weighted by Crippen LogP contribution is 2.30. The van der Waals surface area contributed by atoms with Gasteiger partial charge in [-0.25, -0.2) is 9.97 Å². The number of aromatic nitrogens is 2. The Morgan fingerprint density at radius 3 is 2.80 bits per heavy atom. The molecule has 0 spiro atoms. The second-order valence-corrected chi connectivity index (χ2v) is 6.64. The maximum absolute atomic E-state index is 4.62. The van der Waals surface area contributed by atoms with Gasteiger partial charge in [-0.15, -0.1) is 0 Å². The summed E-state index contributed by atoms with van der Waals surface area (Å²) in [4.78, 5) is 11.7. The van der Waals surface area contributed by atoms with Crippen LogP contribution in [0.1, 0.15) is 51.6 Å². The summed E-state index contributed by atoms with van der Waals surface area (Å²) < 4.78 is 0. The first kappa shape index (κ1) is 15.2. The normalized spacial score (nSPS) is 19.6. The van der Waals surface area contributed by atoms with Gasteiger partial charge in [-0.3, -0.25) is 4.90 Å². The highest BCUT2D eigenvalue weighted by molar-refractivity contribution is 5.35. The average Bonchev–Trinajstić information content (AvgIpc) is 2.51. The van der Waals surface area contributed by atoms with E-state index in [4.69, 9.17) is 0 Å². The van der Waals surface area contributed by atoms with Crippen LogP contribution >= 0.6 is 0 Å². The second-order valence-electron chi connectivity index (χ2n) is 6.64. The molecule has 1 N–H and O–H groups in total. The topological polar surface area (TPSA) is 41.1 Å². The van der Waals surface area contributed by atoms with Crippen molar-refractivity contribution in [2.45, 2.75) is 53.5 Å². The summed E-state index contributed by atoms with van der Waals surface area (Å²) >= 11 is 0. The van der Waals surface area contributed by atoms with Gasteiger partial charge < -0.3 is 5.32 Å². The molecule has 0 amide bonds. The van der Waals surface area contributed by atoms with Gasteiger partial charge in [0.15, 0.2) is 0 Å². The van der Waals surface area contributed by atoms with Crippen LogP contribution < -0.4 is 5.32 Å². The lowest BCUT2D eigenvalue weighted by Gasteiger charge is -2.23. The predicted molar refractivity (Wildman–Crippen MR) is 83.8 cm³/mol. The van der Waals surface area contributed by atoms with Crippen LogP contribution in [0.5, 0.6) is 0 Å². The van der Waals surface area contributed by atoms with E-state index in [9.17, 15) is 0 Å². The van der Waals surface area contributed by atoms with Crippen molar-refractivity contribution >= 4 is 5.82 Å². The molecule has 4 heteroatoms. The lowest BCUT2D eigenvalue weighted by Crippen LogP contribution is -2.26. The fourth-order valence-corrected chi connectivity index (χ4v) is 2.81. The number of aryl methyl sites for hydroxylation is 1. The second kappa shape index (κ2) is 6.53. The molecule has 1 fully saturated rings. The van der Waals surface area contributed by atoms with E-state index in [-0.39, 0.29) is 0 Å². The Hall–Kier alpha value is -1.16. The van der Waals surface area contributed by atoms with Gasteiger partial charge in [0.2, 0.25) is 0 Å². The van der Waals surface area contributed by atoms with E-state index in [1.54, 1.807) is 0 Å². The zero-order chi connectivity index (χ0) is 14.6. The van der Waals surface area contributed by atoms with Gasteiger partial charge >= 0.3 is 0 Å². The van der Waals surface area contributed by atoms with E-state index >= 15 is 0 Å². The van der Waals surface area contributed by atoms with E-state index in [0.29, 0.717) is 5.41 Å². The molecule has 1 aliphatic heterocycles. The standard InChI is InChI=1S/C16H28N4/c1-5-17-14-11-13(2)18-15(19-14)12-20-9-6-7-16(3,4)8-10-20/h11H,5-10,12H2,1-4H3,(H,17,18,19). The molecule has 1 aromatic heterocycles. The Morgan fingerprint density at radius 2 is 2.05 bits per heavy atom. The number of nitrogens with one attached hydrogen (secondary N) is 1. The molecule has 1 saturated heterocycles. The zero-order valence-corrected chi connectivity index (χ0v) is 13.4. The quantitative estimate of drug-likeness (QED) is 0.916. The molecule has 0 atom stereocenters. The van der Waals surface area contributed by atoms with E-state index in [2.05, 4.69) is 41.0 Å². The van der Waals surface area contributed by atoms with Gasteiger partial charge in [0.1, 0.15) is 11.6 Å². The molecule has 112 valence electrons. The Morgan fingerprint density at radius 1 is 1.25 bits per heavy atom. The molecular formula is C16H28N4. The van der Waals surface area contributed by atoms with Crippen LogP contribution in [0.4, 0.5) is 5.82 Å². The molecule has 20 heavy (non-hydrogen) atoms. The van der Waals surface area contributed by atoms with Crippen LogP contribution in [0.15, 0.2) is 6.07 Å². The monoisotopic (exact) mass is 276 g/mol. The van der Waals surface area contributed by atoms with Crippen LogP contribution in [-0.4, -0.2) is 34.5 Å². The zero-order valence-electron chi connectivity index (χ0n) is 13.4. The van der Waals surface area contributed by atoms with E-state index in [1.165, 1.54) is 19.3 Å². The average molecular weight is 276 g/mol. The summed E-state index contributed by atoms with van der Waals surface area (Å²) in [6.07, 6.45) is 3.86. The predicted octanol–water partition coefficient (Wildman–Crippen LogP) is 3.23. The summed E-state index contributed by atoms with van der Waals surface area (Å²) in [7, 11) is 0. The number of anilines is 1. The minimum absolute atomic E-state index is 0.483. The highest BCUT2D eigenvalue weighted by Gasteiger charge is 2.23. The molecule has 1 aliphatic rings. The summed E-state index contributed by atoms with van der Waals surface area (Å²) in [6.45, 7) is 13.0. The fourth-order valence-electron chi connectivity index (χ4n) is 2.81. The first-order valence-electron chi connectivity index (χ1n) is 7.79. The number of nitrogens with zero attached hydrogens (tertiary/aromatic N) is 3. The van der Waals surface area contributed by atoms with Crippen LogP contribution in [0, 0.1) is 12.3 Å². The molecule has 0 radical (unpaired) electrons. The molecule has 4 nitrogen and oxygen atoms in total. The largest absolute Gasteiger partial charge is 0.370 e. The number of rotatable bonds is 4. The highest BCUT2D eigenvalue weighted by atomic mass is 15.2. The summed E-state index contributed by atoms with van der Waals surface area (Å²) in [5.74, 6) is 1.89. The van der Waals surface area contributed by atoms with Gasteiger partial charge in [0.05, 0.1) is 6.54 Å². The Balaban J connectivity index is 2.02. The first-order valence-corrected chi connectivity index (χ1v) is 7.79. The fraction of sp³-hybridized carbons (Fsp3) is 0.750. The van der Waals surface area contributed by atoms with Crippen molar-refractivity contribution in [2.24, 2.45) is 5.41 Å². The van der Waals surface area contributed by atoms with Gasteiger partial charge in [-0.1, -0.05) is 13.8 Å². The molecule has 0 aliphatic carbocycles. The first-order chi connectivity index (χ1) is 9.48. The molecule has 0 aromatic carbocycles. The number of hydrogen-bond acceptors (Lipinski definition) is 4. The lowest BCUT2D eigenvalue weighted by atomic mass is 9.85. The van der Waals surface area contributed by atoms with Crippen molar-refractivity contribution in [1.29, 1.82) is 0 Å². The van der Waals surface area contributed by atoms with Crippen molar-refractivity contribution in [3.8, 4) is 0 Å². The van der Waals surface area contributed by atoms with Gasteiger partial charge in [0.25, 0.3) is 0 Å². The van der Waals surface area contributed by atoms with Crippen molar-refractivity contribution in [2.75, 3.05) is 25.0 Å². The van der Waals surface area contributed by atoms with Crippen LogP contribution in [0.3, 0.4) is 0 Å². The minimum Gasteiger partial charge on any atom is -0.370 e. The third-order valence-corrected chi connectivity index (χ3v) is 4.06. The molecule has 1 aromatic rings. The molecule has 2 heterocycles. The molecule has 2 rings (SSSR count). The molecule has 0 unspecified atom stereocenters. The maximum Gasteiger partial charge on any atom is 0.144 e. The Labute approximate surface area is 123 Å². The summed E-state index contributed by atoms with van der Waals surface area (Å²) in [6, 6.07) is 2.01. The van der Waals surface area contributed by atoms with Crippen LogP contribution in [0.2, 0.25) is 0 Å². The van der Waals surface area contributed by atoms with E-state index in [0.717, 1.165) is 43.5 Å². The maximum atomic E-state index is 4.62. The smallest absolute Gasteiger partial charge is 0.144 e. The molecule has 0 saturated carbocycles. The van der Waals surface area contributed by atoms with Crippen molar-refractivity contribution in [3.63, 3.8) is 0 Å². The van der Waals surface area contributed by atoms with Crippen molar-refractivity contribution < 1.29 is 0 Å². The lowest BCUT2D eigenvalue weighted by molar-refractivity contribution is 0.251. The number of likely N-dealkylation sites (tertiary alicyclic amines) is 1. The Bertz CT molecular complexity index is 442. The van der Waals surface area contributed by atoms with Gasteiger partial charge in [-0.2, -0.15) is 0 Å². The Kier molecular flexibility index (Phi) is 4.97. The molecular weight excluding hydrogens is 248 g/mol. The van der Waals surface area contributed by atoms with E-state index < -0.39 is 0 Å². The van der Waals surface area contributed by atoms with E-state index in [1.807, 2.05) is 13.0 Å². The van der Waals surface area contributed by atoms with Gasteiger partial charge in [-0.05, 0) is 51.6 Å². The summed E-state index contributed by atoms with van der Waals surface area (Å²) in [5, 5.41) is 3.28. The third kappa shape index (κ3) is 4.44. The third-order valence-electron chi connectivity index (χ3n) is 4.06. The van der Waals surface area contributed by atoms with Gasteiger partial charge in [0, 0.05) is 18.3 Å². The van der Waals surface area contributed by atoms with Crippen LogP contribution in [0.25, 0.3) is 0 Å². The summed E-state index contributed by atoms with van der Waals surface area (Å²) in [5.41, 5.74) is 1.53. The number of hydrogen-bond donors (Lipinski definition) is 1. The van der Waals surface area contributed by atoms with Crippen molar-refractivity contribution in [3.05, 3.63) is 17.6 Å². The van der Waals surface area contributed by atoms with Crippen molar-refractivity contribution in [1.82, 2.24) is 14.9 Å². The minimum atomic E-state index is 0.483. The molecule has 0 bridgehead atoms. The van der Waals surface area contributed by atoms with Crippen LogP contribution in [-0.2, 0) is 6.54 Å². The SMILES string of the molecule is CCNc1cc(C)nc(CN2CCCC(C)(C)CC2)n1.